The molecule has 0 atom stereocenters. The largest absolute Gasteiger partial charge is 0.496 e. The zero-order chi connectivity index (χ0) is 20.1. The molecule has 0 aromatic heterocycles. The Hall–Kier alpha value is -2.89. The zero-order valence-electron chi connectivity index (χ0n) is 16.8. The highest BCUT2D eigenvalue weighted by Crippen LogP contribution is 2.31. The second kappa shape index (κ2) is 9.07. The molecule has 0 saturated heterocycles. The predicted molar refractivity (Wildman–Crippen MR) is 118 cm³/mol. The number of amides is 1. The third kappa shape index (κ3) is 4.58. The molecule has 0 unspecified atom stereocenters. The lowest BCUT2D eigenvalue weighted by Crippen LogP contribution is -2.20. The Morgan fingerprint density at radius 3 is 2.24 bits per heavy atom. The molecule has 150 valence electrons. The van der Waals surface area contributed by atoms with Gasteiger partial charge < -0.3 is 20.7 Å². The van der Waals surface area contributed by atoms with E-state index in [2.05, 4.69) is 28.1 Å². The van der Waals surface area contributed by atoms with Gasteiger partial charge in [0.1, 0.15) is 5.75 Å². The number of benzene rings is 2. The summed E-state index contributed by atoms with van der Waals surface area (Å²) >= 11 is 0. The van der Waals surface area contributed by atoms with Crippen LogP contribution in [0.15, 0.2) is 54.6 Å². The van der Waals surface area contributed by atoms with Crippen LogP contribution in [0.4, 0.5) is 5.69 Å². The number of carbonyl (C=O) groups is 1. The first-order valence-electron chi connectivity index (χ1n) is 10.1. The van der Waals surface area contributed by atoms with Crippen molar-refractivity contribution in [1.29, 1.82) is 0 Å². The van der Waals surface area contributed by atoms with E-state index in [9.17, 15) is 4.79 Å². The summed E-state index contributed by atoms with van der Waals surface area (Å²) < 4.78 is 5.59. The number of hydrogen-bond donors (Lipinski definition) is 3. The van der Waals surface area contributed by atoms with Crippen LogP contribution < -0.4 is 20.7 Å². The smallest absolute Gasteiger partial charge is 0.255 e. The number of methoxy groups -OCH3 is 1. The van der Waals surface area contributed by atoms with Crippen LogP contribution in [0.25, 0.3) is 11.1 Å². The zero-order valence-corrected chi connectivity index (χ0v) is 16.8. The lowest BCUT2D eigenvalue weighted by molar-refractivity contribution is 0.102. The highest BCUT2D eigenvalue weighted by atomic mass is 16.5. The van der Waals surface area contributed by atoms with Gasteiger partial charge >= 0.3 is 0 Å². The molecule has 0 radical (unpaired) electrons. The van der Waals surface area contributed by atoms with Crippen molar-refractivity contribution < 1.29 is 9.53 Å². The normalized spacial score (nSPS) is 16.6. The minimum absolute atomic E-state index is 0.119. The van der Waals surface area contributed by atoms with Crippen molar-refractivity contribution in [3.63, 3.8) is 0 Å². The molecule has 2 aliphatic rings. The molecule has 0 saturated carbocycles. The molecule has 1 amide bonds. The highest BCUT2D eigenvalue weighted by molar-refractivity contribution is 6.04. The highest BCUT2D eigenvalue weighted by Gasteiger charge is 2.14. The molecule has 2 aromatic carbocycles. The summed E-state index contributed by atoms with van der Waals surface area (Å²) in [4.78, 5) is 12.7. The number of ether oxygens (including phenoxy) is 1. The predicted octanol–water partition coefficient (Wildman–Crippen LogP) is 3.70. The quantitative estimate of drug-likeness (QED) is 0.730. The van der Waals surface area contributed by atoms with E-state index in [0.29, 0.717) is 5.56 Å². The van der Waals surface area contributed by atoms with E-state index in [1.54, 1.807) is 7.11 Å². The fraction of sp³-hybridized carbons (Fsp3) is 0.292. The molecule has 2 aliphatic heterocycles. The lowest BCUT2D eigenvalue weighted by atomic mass is 9.98. The maximum Gasteiger partial charge on any atom is 0.255 e. The van der Waals surface area contributed by atoms with E-state index in [1.165, 1.54) is 16.7 Å². The van der Waals surface area contributed by atoms with Gasteiger partial charge in [-0.05, 0) is 66.9 Å². The standard InChI is InChI=1S/C24H27N3O2/c1-29-23-16-21(6-7-22(23)19-10-14-26-15-11-19)27-24(28)20-4-2-17(3-5-20)18-8-12-25-13-9-18/h2-8,10,16,25-26H,9,11-15H2,1H3,(H,27,28). The van der Waals surface area contributed by atoms with Gasteiger partial charge in [0, 0.05) is 36.0 Å². The van der Waals surface area contributed by atoms with Gasteiger partial charge in [-0.3, -0.25) is 4.79 Å². The van der Waals surface area contributed by atoms with Gasteiger partial charge in [-0.1, -0.05) is 24.3 Å². The van der Waals surface area contributed by atoms with Gasteiger partial charge in [0.2, 0.25) is 0 Å². The minimum Gasteiger partial charge on any atom is -0.496 e. The first-order valence-corrected chi connectivity index (χ1v) is 10.1. The van der Waals surface area contributed by atoms with Crippen molar-refractivity contribution in [1.82, 2.24) is 10.6 Å². The third-order valence-corrected chi connectivity index (χ3v) is 5.45. The van der Waals surface area contributed by atoms with E-state index in [1.807, 2.05) is 42.5 Å². The van der Waals surface area contributed by atoms with Gasteiger partial charge in [0.05, 0.1) is 7.11 Å². The number of anilines is 1. The lowest BCUT2D eigenvalue weighted by Gasteiger charge is -2.18. The van der Waals surface area contributed by atoms with E-state index in [-0.39, 0.29) is 5.91 Å². The molecular formula is C24H27N3O2. The molecule has 5 heteroatoms. The first kappa shape index (κ1) is 19.4. The molecular weight excluding hydrogens is 362 g/mol. The molecule has 0 fully saturated rings. The molecule has 3 N–H and O–H groups in total. The molecule has 4 rings (SSSR count). The van der Waals surface area contributed by atoms with Crippen LogP contribution in [-0.4, -0.2) is 39.2 Å². The van der Waals surface area contributed by atoms with E-state index < -0.39 is 0 Å². The average molecular weight is 389 g/mol. The summed E-state index contributed by atoms with van der Waals surface area (Å²) in [6.45, 7) is 3.75. The molecule has 2 heterocycles. The van der Waals surface area contributed by atoms with Crippen LogP contribution in [0, 0.1) is 0 Å². The summed E-state index contributed by atoms with van der Waals surface area (Å²) in [7, 11) is 1.67. The van der Waals surface area contributed by atoms with E-state index in [4.69, 9.17) is 4.74 Å². The Bertz CT molecular complexity index is 945. The topological polar surface area (TPSA) is 62.4 Å². The Labute approximate surface area is 171 Å². The van der Waals surface area contributed by atoms with Crippen molar-refractivity contribution in [3.05, 3.63) is 71.3 Å². The number of rotatable bonds is 5. The summed E-state index contributed by atoms with van der Waals surface area (Å²) in [6, 6.07) is 13.7. The molecule has 5 nitrogen and oxygen atoms in total. The minimum atomic E-state index is -0.119. The maximum absolute atomic E-state index is 12.7. The van der Waals surface area contributed by atoms with Crippen molar-refractivity contribution in [3.8, 4) is 5.75 Å². The maximum atomic E-state index is 12.7. The Morgan fingerprint density at radius 2 is 1.62 bits per heavy atom. The number of nitrogens with one attached hydrogen (secondary N) is 3. The third-order valence-electron chi connectivity index (χ3n) is 5.45. The van der Waals surface area contributed by atoms with Crippen LogP contribution in [0.1, 0.15) is 34.3 Å². The number of hydrogen-bond acceptors (Lipinski definition) is 4. The van der Waals surface area contributed by atoms with E-state index >= 15 is 0 Å². The van der Waals surface area contributed by atoms with Crippen LogP contribution in [-0.2, 0) is 0 Å². The van der Waals surface area contributed by atoms with Gasteiger partial charge in [-0.25, -0.2) is 0 Å². The number of carbonyl (C=O) groups excluding carboxylic acids is 1. The summed E-state index contributed by atoms with van der Waals surface area (Å²) in [6.07, 6.45) is 6.40. The molecule has 29 heavy (non-hydrogen) atoms. The summed E-state index contributed by atoms with van der Waals surface area (Å²) in [5, 5.41) is 9.63. The van der Waals surface area contributed by atoms with Gasteiger partial charge in [-0.15, -0.1) is 0 Å². The Balaban J connectivity index is 1.47. The molecule has 2 aromatic rings. The van der Waals surface area contributed by atoms with Crippen LogP contribution >= 0.6 is 0 Å². The Morgan fingerprint density at radius 1 is 0.931 bits per heavy atom. The Kier molecular flexibility index (Phi) is 6.08. The van der Waals surface area contributed by atoms with Crippen molar-refractivity contribution in [2.24, 2.45) is 0 Å². The molecule has 0 spiro atoms. The van der Waals surface area contributed by atoms with Gasteiger partial charge in [-0.2, -0.15) is 0 Å². The second-order valence-corrected chi connectivity index (χ2v) is 7.31. The van der Waals surface area contributed by atoms with E-state index in [0.717, 1.165) is 56.0 Å². The van der Waals surface area contributed by atoms with Crippen LogP contribution in [0.5, 0.6) is 5.75 Å². The summed E-state index contributed by atoms with van der Waals surface area (Å²) in [5.41, 5.74) is 6.27. The SMILES string of the molecule is COc1cc(NC(=O)c2ccc(C3=CCNCC3)cc2)ccc1C1=CCNCC1. The van der Waals surface area contributed by atoms with Crippen LogP contribution in [0.3, 0.4) is 0 Å². The monoisotopic (exact) mass is 389 g/mol. The average Bonchev–Trinajstić information content (AvgIpc) is 2.80. The second-order valence-electron chi connectivity index (χ2n) is 7.31. The van der Waals surface area contributed by atoms with Crippen molar-refractivity contribution in [2.75, 3.05) is 38.6 Å². The van der Waals surface area contributed by atoms with Crippen LogP contribution in [0.2, 0.25) is 0 Å². The molecule has 0 bridgehead atoms. The van der Waals surface area contributed by atoms with Gasteiger partial charge in [0.25, 0.3) is 5.91 Å². The molecule has 0 aliphatic carbocycles. The van der Waals surface area contributed by atoms with Crippen molar-refractivity contribution in [2.45, 2.75) is 12.8 Å². The van der Waals surface area contributed by atoms with Crippen molar-refractivity contribution >= 4 is 22.7 Å². The fourth-order valence-electron chi connectivity index (χ4n) is 3.83. The first-order chi connectivity index (χ1) is 14.2. The van der Waals surface area contributed by atoms with Gasteiger partial charge in [0.15, 0.2) is 0 Å². The fourth-order valence-corrected chi connectivity index (χ4v) is 3.83. The summed E-state index contributed by atoms with van der Waals surface area (Å²) in [5.74, 6) is 0.663.